The summed E-state index contributed by atoms with van der Waals surface area (Å²) in [4.78, 5) is 50.2. The van der Waals surface area contributed by atoms with Gasteiger partial charge in [-0.15, -0.1) is 0 Å². The molecule has 254 valence electrons. The minimum Gasteiger partial charge on any atom is -0.432 e. The summed E-state index contributed by atoms with van der Waals surface area (Å²) in [7, 11) is -4.83. The third-order valence-electron chi connectivity index (χ3n) is 7.18. The van der Waals surface area contributed by atoms with Crippen LogP contribution in [-0.4, -0.2) is 84.0 Å². The fraction of sp³-hybridized carbons (Fsp3) is 0.769. The van der Waals surface area contributed by atoms with E-state index < -0.39 is 99.8 Å². The third-order valence-corrected chi connectivity index (χ3v) is 8.46. The zero-order chi connectivity index (χ0) is 33.0. The first kappa shape index (κ1) is 35.0. The molecule has 45 heavy (non-hydrogen) atoms. The number of alkyl halides is 1. The van der Waals surface area contributed by atoms with E-state index in [9.17, 15) is 23.7 Å². The second kappa shape index (κ2) is 13.9. The zero-order valence-electron chi connectivity index (χ0n) is 25.5. The van der Waals surface area contributed by atoms with Gasteiger partial charge in [-0.2, -0.15) is 0 Å². The van der Waals surface area contributed by atoms with Crippen LogP contribution < -0.4 is 11.2 Å². The number of carbonyl (C=O) groups is 2. The van der Waals surface area contributed by atoms with Gasteiger partial charge in [-0.25, -0.2) is 32.4 Å². The molecule has 1 N–H and O–H groups in total. The van der Waals surface area contributed by atoms with Gasteiger partial charge in [0.25, 0.3) is 5.56 Å². The van der Waals surface area contributed by atoms with E-state index in [4.69, 9.17) is 46.7 Å². The van der Waals surface area contributed by atoms with Crippen molar-refractivity contribution < 1.29 is 65.3 Å². The van der Waals surface area contributed by atoms with Gasteiger partial charge in [0.15, 0.2) is 17.6 Å². The van der Waals surface area contributed by atoms with Crippen LogP contribution in [0, 0.1) is 0 Å². The molecular weight excluding hydrogens is 630 g/mol. The highest BCUT2D eigenvalue weighted by Gasteiger charge is 2.72. The summed E-state index contributed by atoms with van der Waals surface area (Å²) in [6, 6.07) is 1.08. The van der Waals surface area contributed by atoms with Crippen LogP contribution in [0.1, 0.15) is 66.5 Å². The van der Waals surface area contributed by atoms with Crippen LogP contribution in [0.25, 0.3) is 0 Å². The lowest BCUT2D eigenvalue weighted by molar-refractivity contribution is -0.253. The second-order valence-corrected chi connectivity index (χ2v) is 13.1. The number of fused-ring (bicyclic) bond motifs is 1. The second-order valence-electron chi connectivity index (χ2n) is 11.4. The van der Waals surface area contributed by atoms with Gasteiger partial charge in [-0.3, -0.25) is 18.9 Å². The summed E-state index contributed by atoms with van der Waals surface area (Å²) in [5.74, 6) is -1.11. The molecule has 1 aromatic rings. The SMILES string of the molecule is CC(C)OC(=O)OCOP(=O)(OCOC(=O)OC(C)C)OC[C@@]1(CF)O[C@@H](n2ccc(=O)[nH]c2=O)[C@]2(C)OC3(CCCC3)O[C@H]12. The molecule has 3 aliphatic rings. The Morgan fingerprint density at radius 1 is 1.02 bits per heavy atom. The van der Waals surface area contributed by atoms with Crippen molar-refractivity contribution in [3.63, 3.8) is 0 Å². The summed E-state index contributed by atoms with van der Waals surface area (Å²) in [6.07, 6.45) is -2.29. The predicted octanol–water partition coefficient (Wildman–Crippen LogP) is 3.41. The molecule has 0 unspecified atom stereocenters. The first-order chi connectivity index (χ1) is 21.1. The normalized spacial score (nSPS) is 27.2. The standard InChI is InChI=1S/C26H38FN2O15P/c1-16(2)40-22(32)35-14-38-45(34,39-15-36-23(33)41-17(3)4)37-13-25(12-27)19-24(5,44-26(42-19)9-6-7-10-26)20(43-25)29-11-8-18(30)28-21(29)31/h8,11,16-17,19-20H,6-7,9-10,12-15H2,1-5H3,(H,28,30,31)/t19-,20+,24+,25+/m0/s1. The van der Waals surface area contributed by atoms with E-state index in [1.54, 1.807) is 34.6 Å². The predicted molar refractivity (Wildman–Crippen MR) is 147 cm³/mol. The molecule has 1 aliphatic carbocycles. The Bertz CT molecular complexity index is 1350. The molecule has 1 aromatic heterocycles. The molecule has 4 atom stereocenters. The van der Waals surface area contributed by atoms with Gasteiger partial charge in [0.1, 0.15) is 18.4 Å². The number of phosphoric acid groups is 1. The number of H-pyrrole nitrogens is 1. The highest BCUT2D eigenvalue weighted by atomic mass is 31.2. The quantitative estimate of drug-likeness (QED) is 0.182. The number of nitrogens with one attached hydrogen (secondary N) is 1. The maximum absolute atomic E-state index is 15.2. The zero-order valence-corrected chi connectivity index (χ0v) is 26.4. The summed E-state index contributed by atoms with van der Waals surface area (Å²) in [5, 5.41) is 0. The molecule has 17 nitrogen and oxygen atoms in total. The Hall–Kier alpha value is -2.86. The van der Waals surface area contributed by atoms with Crippen LogP contribution in [-0.2, 0) is 51.3 Å². The van der Waals surface area contributed by atoms with E-state index in [-0.39, 0.29) is 0 Å². The molecule has 1 saturated carbocycles. The van der Waals surface area contributed by atoms with Gasteiger partial charge in [0.05, 0.1) is 18.8 Å². The molecular formula is C26H38FN2O15P. The van der Waals surface area contributed by atoms with Crippen molar-refractivity contribution in [1.82, 2.24) is 9.55 Å². The fourth-order valence-corrected chi connectivity index (χ4v) is 6.34. The number of aromatic amines is 1. The number of phosphoric ester groups is 1. The van der Waals surface area contributed by atoms with Crippen molar-refractivity contribution in [3.8, 4) is 0 Å². The van der Waals surface area contributed by atoms with E-state index >= 15 is 4.39 Å². The Morgan fingerprint density at radius 3 is 2.11 bits per heavy atom. The monoisotopic (exact) mass is 668 g/mol. The number of hydrogen-bond acceptors (Lipinski definition) is 15. The van der Waals surface area contributed by atoms with Gasteiger partial charge in [-0.1, -0.05) is 0 Å². The number of hydrogen-bond donors (Lipinski definition) is 1. The molecule has 0 aromatic carbocycles. The third kappa shape index (κ3) is 7.93. The van der Waals surface area contributed by atoms with E-state index in [0.717, 1.165) is 23.5 Å². The Labute approximate surface area is 257 Å². The summed E-state index contributed by atoms with van der Waals surface area (Å²) in [5.41, 5.74) is -5.09. The fourth-order valence-electron chi connectivity index (χ4n) is 5.38. The van der Waals surface area contributed by atoms with Crippen LogP contribution in [0.4, 0.5) is 14.0 Å². The summed E-state index contributed by atoms with van der Waals surface area (Å²) < 4.78 is 83.4. The number of aromatic nitrogens is 2. The lowest BCUT2D eigenvalue weighted by Gasteiger charge is -2.34. The molecule has 2 saturated heterocycles. The van der Waals surface area contributed by atoms with E-state index in [0.29, 0.717) is 12.8 Å². The number of halogens is 1. The van der Waals surface area contributed by atoms with Gasteiger partial charge < -0.3 is 33.2 Å². The van der Waals surface area contributed by atoms with Gasteiger partial charge in [0.2, 0.25) is 13.6 Å². The number of nitrogens with zero attached hydrogens (tertiary/aromatic N) is 1. The first-order valence-corrected chi connectivity index (χ1v) is 15.7. The average molecular weight is 669 g/mol. The highest BCUT2D eigenvalue weighted by molar-refractivity contribution is 7.48. The Kier molecular flexibility index (Phi) is 10.8. The smallest absolute Gasteiger partial charge is 0.432 e. The van der Waals surface area contributed by atoms with Gasteiger partial charge in [-0.05, 0) is 47.5 Å². The number of ether oxygens (including phenoxy) is 7. The van der Waals surface area contributed by atoms with Crippen LogP contribution in [0.5, 0.6) is 0 Å². The summed E-state index contributed by atoms with van der Waals surface area (Å²) in [6.45, 7) is 3.67. The topological polar surface area (TPSA) is 198 Å². The van der Waals surface area contributed by atoms with Crippen molar-refractivity contribution in [2.75, 3.05) is 26.9 Å². The molecule has 3 heterocycles. The van der Waals surface area contributed by atoms with Crippen molar-refractivity contribution in [2.24, 2.45) is 0 Å². The van der Waals surface area contributed by atoms with Crippen molar-refractivity contribution in [1.29, 1.82) is 0 Å². The molecule has 0 radical (unpaired) electrons. The Morgan fingerprint density at radius 2 is 1.60 bits per heavy atom. The largest absolute Gasteiger partial charge is 0.510 e. The van der Waals surface area contributed by atoms with Crippen LogP contribution in [0.2, 0.25) is 0 Å². The maximum atomic E-state index is 15.2. The maximum Gasteiger partial charge on any atom is 0.510 e. The highest BCUT2D eigenvalue weighted by Crippen LogP contribution is 2.60. The molecule has 19 heteroatoms. The van der Waals surface area contributed by atoms with Crippen molar-refractivity contribution >= 4 is 20.1 Å². The first-order valence-electron chi connectivity index (χ1n) is 14.3. The van der Waals surface area contributed by atoms with Gasteiger partial charge in [0, 0.05) is 25.1 Å². The van der Waals surface area contributed by atoms with E-state index in [1.807, 2.05) is 0 Å². The molecule has 0 bridgehead atoms. The molecule has 4 rings (SSSR count). The van der Waals surface area contributed by atoms with E-state index in [2.05, 4.69) is 4.98 Å². The van der Waals surface area contributed by atoms with Gasteiger partial charge >= 0.3 is 25.8 Å². The molecule has 2 aliphatic heterocycles. The average Bonchev–Trinajstić information content (AvgIpc) is 3.58. The lowest BCUT2D eigenvalue weighted by atomic mass is 9.88. The van der Waals surface area contributed by atoms with Crippen molar-refractivity contribution in [2.45, 2.75) is 102 Å². The molecule has 1 spiro atoms. The van der Waals surface area contributed by atoms with Crippen LogP contribution in [0.15, 0.2) is 21.9 Å². The summed E-state index contributed by atoms with van der Waals surface area (Å²) >= 11 is 0. The van der Waals surface area contributed by atoms with E-state index in [1.165, 1.54) is 6.20 Å². The van der Waals surface area contributed by atoms with Crippen LogP contribution >= 0.6 is 7.82 Å². The minimum atomic E-state index is -4.83. The van der Waals surface area contributed by atoms with Crippen LogP contribution in [0.3, 0.4) is 0 Å². The van der Waals surface area contributed by atoms with Crippen molar-refractivity contribution in [3.05, 3.63) is 33.1 Å². The molecule has 3 fully saturated rings. The number of carbonyl (C=O) groups excluding carboxylic acids is 2. The molecule has 0 amide bonds. The number of rotatable bonds is 13. The Balaban J connectivity index is 1.58. The minimum absolute atomic E-state index is 0.480. The lowest BCUT2D eigenvalue weighted by Crippen LogP contribution is -2.51.